The van der Waals surface area contributed by atoms with Crippen molar-refractivity contribution in [2.75, 3.05) is 30.8 Å². The van der Waals surface area contributed by atoms with Crippen molar-refractivity contribution in [1.29, 1.82) is 0 Å². The number of nitrogens with zero attached hydrogens (tertiary/aromatic N) is 1. The zero-order chi connectivity index (χ0) is 11.7. The maximum absolute atomic E-state index is 11.4. The largest absolute Gasteiger partial charge is 0.492 e. The molecule has 1 saturated heterocycles. The van der Waals surface area contributed by atoms with Crippen LogP contribution in [-0.2, 0) is 0 Å². The van der Waals surface area contributed by atoms with Gasteiger partial charge in [-0.05, 0) is 12.8 Å². The highest BCUT2D eigenvalue weighted by atomic mass is 32.1. The molecule has 88 valence electrons. The molecule has 2 N–H and O–H groups in total. The third-order valence-electron chi connectivity index (χ3n) is 2.80. The van der Waals surface area contributed by atoms with E-state index in [9.17, 15) is 4.79 Å². The first-order valence-corrected chi connectivity index (χ1v) is 6.19. The summed E-state index contributed by atoms with van der Waals surface area (Å²) in [5, 5.41) is 1.00. The van der Waals surface area contributed by atoms with Gasteiger partial charge in [-0.2, -0.15) is 0 Å². The first kappa shape index (κ1) is 11.3. The molecule has 4 nitrogen and oxygen atoms in total. The third-order valence-corrected chi connectivity index (χ3v) is 4.15. The van der Waals surface area contributed by atoms with Gasteiger partial charge in [0.05, 0.1) is 17.7 Å². The molecule has 0 unspecified atom stereocenters. The Balaban J connectivity index is 2.43. The quantitative estimate of drug-likeness (QED) is 0.822. The van der Waals surface area contributed by atoms with Crippen LogP contribution in [0.25, 0.3) is 0 Å². The van der Waals surface area contributed by atoms with Gasteiger partial charge >= 0.3 is 0 Å². The van der Waals surface area contributed by atoms with Gasteiger partial charge in [0.1, 0.15) is 5.00 Å². The number of anilines is 2. The number of ether oxygens (including phenoxy) is 1. The number of hydrogen-bond acceptors (Lipinski definition) is 5. The minimum Gasteiger partial charge on any atom is -0.492 e. The van der Waals surface area contributed by atoms with Gasteiger partial charge in [0.2, 0.25) is 0 Å². The van der Waals surface area contributed by atoms with Gasteiger partial charge in [0.25, 0.3) is 0 Å². The van der Waals surface area contributed by atoms with Crippen LogP contribution < -0.4 is 15.4 Å². The highest BCUT2D eigenvalue weighted by Gasteiger charge is 2.25. The second-order valence-electron chi connectivity index (χ2n) is 3.93. The van der Waals surface area contributed by atoms with Crippen molar-refractivity contribution in [2.24, 2.45) is 0 Å². The third kappa shape index (κ3) is 1.75. The molecule has 1 aliphatic heterocycles. The summed E-state index contributed by atoms with van der Waals surface area (Å²) in [7, 11) is 1.60. The Kier molecular flexibility index (Phi) is 3.05. The van der Waals surface area contributed by atoms with Gasteiger partial charge in [0.15, 0.2) is 11.5 Å². The molecule has 1 aromatic rings. The Morgan fingerprint density at radius 3 is 2.56 bits per heavy atom. The first-order valence-electron chi connectivity index (χ1n) is 5.37. The van der Waals surface area contributed by atoms with E-state index in [4.69, 9.17) is 10.5 Å². The van der Waals surface area contributed by atoms with Gasteiger partial charge in [-0.25, -0.2) is 0 Å². The van der Waals surface area contributed by atoms with Crippen LogP contribution in [0.5, 0.6) is 5.75 Å². The average molecular weight is 240 g/mol. The number of rotatable bonds is 3. The smallest absolute Gasteiger partial charge is 0.177 e. The Morgan fingerprint density at radius 1 is 1.44 bits per heavy atom. The molecule has 5 heteroatoms. The van der Waals surface area contributed by atoms with E-state index in [2.05, 4.69) is 4.90 Å². The fourth-order valence-electron chi connectivity index (χ4n) is 2.00. The molecule has 0 bridgehead atoms. The second-order valence-corrected chi connectivity index (χ2v) is 4.93. The maximum Gasteiger partial charge on any atom is 0.177 e. The number of Topliss-reactive ketones (excluding diaryl/α,β-unsaturated/α-hetero) is 1. The van der Waals surface area contributed by atoms with Crippen LogP contribution in [0.3, 0.4) is 0 Å². The summed E-state index contributed by atoms with van der Waals surface area (Å²) >= 11 is 1.44. The zero-order valence-corrected chi connectivity index (χ0v) is 10.4. The van der Waals surface area contributed by atoms with Crippen molar-refractivity contribution in [3.63, 3.8) is 0 Å². The topological polar surface area (TPSA) is 55.6 Å². The standard InChI is InChI=1S/C11H16N2O2S/c1-7(14)10-8(12)9(15-2)11(16-10)13-5-3-4-6-13/h3-6,12H2,1-2H3. The molecular weight excluding hydrogens is 224 g/mol. The van der Waals surface area contributed by atoms with Crippen LogP contribution in [0.4, 0.5) is 10.7 Å². The molecule has 0 atom stereocenters. The van der Waals surface area contributed by atoms with Crippen LogP contribution in [0.1, 0.15) is 29.4 Å². The molecule has 16 heavy (non-hydrogen) atoms. The molecule has 0 aromatic carbocycles. The van der Waals surface area contributed by atoms with Crippen LogP contribution in [0.15, 0.2) is 0 Å². The van der Waals surface area contributed by atoms with Crippen molar-refractivity contribution in [1.82, 2.24) is 0 Å². The zero-order valence-electron chi connectivity index (χ0n) is 9.58. The van der Waals surface area contributed by atoms with Gasteiger partial charge < -0.3 is 15.4 Å². The fourth-order valence-corrected chi connectivity index (χ4v) is 3.14. The summed E-state index contributed by atoms with van der Waals surface area (Å²) in [4.78, 5) is 14.3. The van der Waals surface area contributed by atoms with Crippen molar-refractivity contribution < 1.29 is 9.53 Å². The summed E-state index contributed by atoms with van der Waals surface area (Å²) in [6, 6.07) is 0. The molecule has 0 amide bonds. The van der Waals surface area contributed by atoms with Gasteiger partial charge in [0, 0.05) is 20.0 Å². The summed E-state index contributed by atoms with van der Waals surface area (Å²) < 4.78 is 5.31. The Morgan fingerprint density at radius 2 is 2.06 bits per heavy atom. The van der Waals surface area contributed by atoms with E-state index in [1.54, 1.807) is 7.11 Å². The number of ketones is 1. The van der Waals surface area contributed by atoms with Gasteiger partial charge in [-0.3, -0.25) is 4.79 Å². The molecule has 1 fully saturated rings. The fraction of sp³-hybridized carbons (Fsp3) is 0.545. The molecule has 2 rings (SSSR count). The number of nitrogen functional groups attached to an aromatic ring is 1. The summed E-state index contributed by atoms with van der Waals surface area (Å²) in [5.74, 6) is 0.670. The highest BCUT2D eigenvalue weighted by Crippen LogP contribution is 2.45. The van der Waals surface area contributed by atoms with Crippen molar-refractivity contribution in [3.8, 4) is 5.75 Å². The van der Waals surface area contributed by atoms with Crippen molar-refractivity contribution in [3.05, 3.63) is 4.88 Å². The van der Waals surface area contributed by atoms with E-state index >= 15 is 0 Å². The lowest BCUT2D eigenvalue weighted by atomic mass is 10.3. The Hall–Kier alpha value is -1.23. The van der Waals surface area contributed by atoms with E-state index < -0.39 is 0 Å². The molecule has 0 radical (unpaired) electrons. The van der Waals surface area contributed by atoms with E-state index in [0.717, 1.165) is 18.1 Å². The van der Waals surface area contributed by atoms with Crippen LogP contribution in [0.2, 0.25) is 0 Å². The van der Waals surface area contributed by atoms with E-state index in [0.29, 0.717) is 16.3 Å². The number of carbonyl (C=O) groups is 1. The van der Waals surface area contributed by atoms with Crippen LogP contribution in [0, 0.1) is 0 Å². The molecule has 0 aliphatic carbocycles. The van der Waals surface area contributed by atoms with E-state index in [-0.39, 0.29) is 5.78 Å². The highest BCUT2D eigenvalue weighted by molar-refractivity contribution is 7.19. The number of nitrogens with two attached hydrogens (primary N) is 1. The number of methoxy groups -OCH3 is 1. The maximum atomic E-state index is 11.4. The lowest BCUT2D eigenvalue weighted by Gasteiger charge is -2.16. The summed E-state index contributed by atoms with van der Waals surface area (Å²) in [6.45, 7) is 3.58. The normalized spacial score (nSPS) is 15.5. The molecule has 2 heterocycles. The number of carbonyl (C=O) groups excluding carboxylic acids is 1. The van der Waals surface area contributed by atoms with Crippen LogP contribution >= 0.6 is 11.3 Å². The Bertz CT molecular complexity index is 408. The second kappa shape index (κ2) is 4.33. The van der Waals surface area contributed by atoms with E-state index in [1.807, 2.05) is 0 Å². The van der Waals surface area contributed by atoms with Gasteiger partial charge in [-0.15, -0.1) is 11.3 Å². The van der Waals surface area contributed by atoms with Crippen LogP contribution in [-0.4, -0.2) is 26.0 Å². The predicted molar refractivity (Wildman–Crippen MR) is 66.7 cm³/mol. The molecule has 0 saturated carbocycles. The average Bonchev–Trinajstić information content (AvgIpc) is 2.83. The lowest BCUT2D eigenvalue weighted by molar-refractivity contribution is 0.102. The van der Waals surface area contributed by atoms with E-state index in [1.165, 1.54) is 31.1 Å². The molecule has 1 aliphatic rings. The Labute approximate surface area is 99.0 Å². The first-order chi connectivity index (χ1) is 7.65. The predicted octanol–water partition coefficient (Wildman–Crippen LogP) is 2.14. The number of hydrogen-bond donors (Lipinski definition) is 1. The minimum atomic E-state index is 0.00578. The van der Waals surface area contributed by atoms with Gasteiger partial charge in [-0.1, -0.05) is 0 Å². The molecule has 1 aromatic heterocycles. The number of thiophene rings is 1. The monoisotopic (exact) mass is 240 g/mol. The molecule has 0 spiro atoms. The molecular formula is C11H16N2O2S. The lowest BCUT2D eigenvalue weighted by Crippen LogP contribution is -2.16. The minimum absolute atomic E-state index is 0.00578. The SMILES string of the molecule is COc1c(N2CCCC2)sc(C(C)=O)c1N. The van der Waals surface area contributed by atoms with Crippen molar-refractivity contribution >= 4 is 27.8 Å². The summed E-state index contributed by atoms with van der Waals surface area (Å²) in [6.07, 6.45) is 2.38. The summed E-state index contributed by atoms with van der Waals surface area (Å²) in [5.41, 5.74) is 6.41. The van der Waals surface area contributed by atoms with Crippen molar-refractivity contribution in [2.45, 2.75) is 19.8 Å².